The average Bonchev–Trinajstić information content (AvgIpc) is 3.44. The summed E-state index contributed by atoms with van der Waals surface area (Å²) in [6.07, 6.45) is -4.10. The Balaban J connectivity index is 1.44. The third-order valence-electron chi connectivity index (χ3n) is 7.18. The minimum atomic E-state index is -3.22. The number of β-lactam (4-membered cyclic amide) rings is 1. The summed E-state index contributed by atoms with van der Waals surface area (Å²) in [6.45, 7) is 3.70. The number of carboxylic acid groups (broad SMARTS) is 1. The minimum absolute atomic E-state index is 0.0538. The van der Waals surface area contributed by atoms with E-state index in [2.05, 4.69) is 10.6 Å². The molecule has 5 N–H and O–H groups in total. The number of likely N-dealkylation sites (tertiary alicyclic amines) is 1. The topological polar surface area (TPSA) is 145 Å². The molecule has 3 saturated heterocycles. The summed E-state index contributed by atoms with van der Waals surface area (Å²) in [4.78, 5) is 52.0. The number of hydrogen-bond acceptors (Lipinski definition) is 7. The van der Waals surface area contributed by atoms with Crippen LogP contribution in [0.4, 0.5) is 13.2 Å². The molecule has 3 amide bonds. The van der Waals surface area contributed by atoms with Crippen LogP contribution in [-0.4, -0.2) is 100 Å². The molecule has 0 unspecified atom stereocenters. The Kier molecular flexibility index (Phi) is 7.08. The van der Waals surface area contributed by atoms with Crippen LogP contribution < -0.4 is 16.4 Å². The molecule has 0 saturated carbocycles. The van der Waals surface area contributed by atoms with Crippen molar-refractivity contribution in [3.05, 3.63) is 10.6 Å². The minimum Gasteiger partial charge on any atom is -0.477 e. The number of nitrogens with one attached hydrogen (secondary N) is 2. The first kappa shape index (κ1) is 25.8. The number of aliphatic carboxylic acids is 1. The maximum absolute atomic E-state index is 13.7. The van der Waals surface area contributed by atoms with Crippen molar-refractivity contribution in [3.63, 3.8) is 0 Å². The lowest BCUT2D eigenvalue weighted by atomic mass is 9.78. The predicted molar refractivity (Wildman–Crippen MR) is 119 cm³/mol. The van der Waals surface area contributed by atoms with E-state index in [4.69, 9.17) is 5.73 Å². The highest BCUT2D eigenvalue weighted by molar-refractivity contribution is 8.03. The van der Waals surface area contributed by atoms with Gasteiger partial charge in [0.25, 0.3) is 5.91 Å². The second-order valence-corrected chi connectivity index (χ2v) is 10.8. The van der Waals surface area contributed by atoms with Crippen molar-refractivity contribution in [2.75, 3.05) is 19.6 Å². The maximum Gasteiger partial charge on any atom is 0.353 e. The predicted octanol–water partition coefficient (Wildman–Crippen LogP) is -0.500. The van der Waals surface area contributed by atoms with Crippen LogP contribution in [0.25, 0.3) is 0 Å². The summed E-state index contributed by atoms with van der Waals surface area (Å²) >= 11 is 1.27. The van der Waals surface area contributed by atoms with Crippen LogP contribution in [0.1, 0.15) is 20.3 Å². The molecule has 4 rings (SSSR count). The number of nitrogens with two attached hydrogens (primary N) is 1. The molecule has 3 fully saturated rings. The van der Waals surface area contributed by atoms with Gasteiger partial charge < -0.3 is 31.3 Å². The van der Waals surface area contributed by atoms with Crippen molar-refractivity contribution in [2.45, 2.75) is 62.3 Å². The summed E-state index contributed by atoms with van der Waals surface area (Å²) in [5, 5.41) is 14.9. The van der Waals surface area contributed by atoms with Crippen molar-refractivity contribution in [1.29, 1.82) is 0 Å². The lowest BCUT2D eigenvalue weighted by molar-refractivity contribution is -0.159. The molecule has 0 aromatic carbocycles. The summed E-state index contributed by atoms with van der Waals surface area (Å²) in [5.41, 5.74) is 5.52. The van der Waals surface area contributed by atoms with E-state index in [9.17, 15) is 37.5 Å². The fourth-order valence-corrected chi connectivity index (χ4v) is 6.90. The van der Waals surface area contributed by atoms with Crippen LogP contribution in [0.5, 0.6) is 0 Å². The van der Waals surface area contributed by atoms with Crippen molar-refractivity contribution in [2.24, 2.45) is 17.6 Å². The Morgan fingerprint density at radius 3 is 2.54 bits per heavy atom. The molecule has 194 valence electrons. The Morgan fingerprint density at radius 2 is 1.97 bits per heavy atom. The van der Waals surface area contributed by atoms with E-state index in [0.717, 1.165) is 0 Å². The standard InChI is InChI=1S/C21H28F3N5O5S/c1-7-14-13(8(2)27-18(30)17(23)24)20(32)29(14)15(21(33)34)16(7)35-9-3-12(26-4-9)19(31)28-5-10(22)11(25)6-28/h7-14,17,26H,3-6,25H2,1-2H3,(H,27,30)(H,33,34)/t7-,8-,9+,10+,11+,12+,13-,14-/m1/s1. The molecule has 4 aliphatic rings. The Morgan fingerprint density at radius 1 is 1.29 bits per heavy atom. The average molecular weight is 520 g/mol. The quantitative estimate of drug-likeness (QED) is 0.330. The van der Waals surface area contributed by atoms with E-state index in [0.29, 0.717) is 17.9 Å². The molecule has 0 aromatic heterocycles. The van der Waals surface area contributed by atoms with Gasteiger partial charge in [-0.15, -0.1) is 11.8 Å². The highest BCUT2D eigenvalue weighted by Crippen LogP contribution is 2.51. The second-order valence-electron chi connectivity index (χ2n) is 9.49. The highest BCUT2D eigenvalue weighted by atomic mass is 32.2. The van der Waals surface area contributed by atoms with Crippen LogP contribution in [0.2, 0.25) is 0 Å². The lowest BCUT2D eigenvalue weighted by Gasteiger charge is -2.47. The number of carbonyl (C=O) groups excluding carboxylic acids is 3. The number of alkyl halides is 3. The summed E-state index contributed by atoms with van der Waals surface area (Å²) in [7, 11) is 0. The molecule has 35 heavy (non-hydrogen) atoms. The monoisotopic (exact) mass is 519 g/mol. The second kappa shape index (κ2) is 9.62. The molecule has 0 spiro atoms. The van der Waals surface area contributed by atoms with Crippen molar-refractivity contribution in [1.82, 2.24) is 20.4 Å². The number of thioether (sulfide) groups is 1. The molecular weight excluding hydrogens is 491 g/mol. The molecule has 10 nitrogen and oxygen atoms in total. The van der Waals surface area contributed by atoms with E-state index < -0.39 is 66.4 Å². The van der Waals surface area contributed by atoms with Gasteiger partial charge >= 0.3 is 12.4 Å². The zero-order valence-corrected chi connectivity index (χ0v) is 19.9. The van der Waals surface area contributed by atoms with Crippen LogP contribution in [-0.2, 0) is 19.2 Å². The molecule has 4 aliphatic heterocycles. The van der Waals surface area contributed by atoms with Gasteiger partial charge in [0.05, 0.1) is 30.6 Å². The number of carboxylic acids is 1. The lowest BCUT2D eigenvalue weighted by Crippen LogP contribution is -2.66. The van der Waals surface area contributed by atoms with E-state index in [1.807, 2.05) is 0 Å². The summed E-state index contributed by atoms with van der Waals surface area (Å²) in [6, 6.07) is -2.74. The number of carbonyl (C=O) groups is 4. The first-order valence-corrected chi connectivity index (χ1v) is 12.3. The van der Waals surface area contributed by atoms with Crippen molar-refractivity contribution < 1.29 is 37.5 Å². The fourth-order valence-electron chi connectivity index (χ4n) is 5.42. The smallest absolute Gasteiger partial charge is 0.353 e. The molecule has 0 aromatic rings. The van der Waals surface area contributed by atoms with Crippen molar-refractivity contribution in [3.8, 4) is 0 Å². The molecule has 0 bridgehead atoms. The van der Waals surface area contributed by atoms with Gasteiger partial charge in [-0.1, -0.05) is 6.92 Å². The zero-order chi connectivity index (χ0) is 25.8. The van der Waals surface area contributed by atoms with Crippen LogP contribution in [0.3, 0.4) is 0 Å². The Hall–Kier alpha value is -2.32. The number of amides is 3. The molecule has 0 aliphatic carbocycles. The van der Waals surface area contributed by atoms with Gasteiger partial charge in [0.1, 0.15) is 11.9 Å². The highest BCUT2D eigenvalue weighted by Gasteiger charge is 2.60. The number of nitrogens with zero attached hydrogens (tertiary/aromatic N) is 2. The number of rotatable bonds is 7. The first-order valence-electron chi connectivity index (χ1n) is 11.4. The third kappa shape index (κ3) is 4.51. The van der Waals surface area contributed by atoms with E-state index >= 15 is 0 Å². The normalized spacial score (nSPS) is 35.4. The third-order valence-corrected chi connectivity index (χ3v) is 8.69. The first-order chi connectivity index (χ1) is 16.4. The van der Waals surface area contributed by atoms with Gasteiger partial charge in [-0.2, -0.15) is 8.78 Å². The van der Waals surface area contributed by atoms with Crippen LogP contribution in [0, 0.1) is 11.8 Å². The van der Waals surface area contributed by atoms with Gasteiger partial charge in [-0.3, -0.25) is 14.4 Å². The summed E-state index contributed by atoms with van der Waals surface area (Å²) in [5.74, 6) is -4.79. The van der Waals surface area contributed by atoms with Gasteiger partial charge in [0.15, 0.2) is 0 Å². The number of hydrogen-bond donors (Lipinski definition) is 4. The van der Waals surface area contributed by atoms with Crippen LogP contribution >= 0.6 is 11.8 Å². The van der Waals surface area contributed by atoms with Crippen LogP contribution in [0.15, 0.2) is 10.6 Å². The SMILES string of the molecule is C[C@@H](NC(=O)C(F)F)[C@H]1C(=O)N2C(C(=O)O)=C(S[C@@H]3CN[C@H](C(=O)N4C[C@H](N)[C@@H](F)C4)C3)[C@H](C)[C@H]12. The molecule has 14 heteroatoms. The van der Waals surface area contributed by atoms with Gasteiger partial charge in [0.2, 0.25) is 11.8 Å². The van der Waals surface area contributed by atoms with Gasteiger partial charge in [-0.05, 0) is 13.3 Å². The van der Waals surface area contributed by atoms with Gasteiger partial charge in [0, 0.05) is 35.2 Å². The number of fused-ring (bicyclic) bond motifs is 1. The largest absolute Gasteiger partial charge is 0.477 e. The van der Waals surface area contributed by atoms with E-state index in [1.54, 1.807) is 6.92 Å². The molecule has 4 heterocycles. The fraction of sp³-hybridized carbons (Fsp3) is 0.714. The Bertz CT molecular complexity index is 958. The van der Waals surface area contributed by atoms with Gasteiger partial charge in [-0.25, -0.2) is 9.18 Å². The summed E-state index contributed by atoms with van der Waals surface area (Å²) < 4.78 is 39.0. The zero-order valence-electron chi connectivity index (χ0n) is 19.1. The molecule has 8 atom stereocenters. The van der Waals surface area contributed by atoms with E-state index in [1.165, 1.54) is 28.5 Å². The van der Waals surface area contributed by atoms with E-state index in [-0.39, 0.29) is 29.9 Å². The Labute approximate surface area is 203 Å². The molecule has 0 radical (unpaired) electrons. The number of halogens is 3. The van der Waals surface area contributed by atoms with Crippen molar-refractivity contribution >= 4 is 35.5 Å². The maximum atomic E-state index is 13.7. The molecular formula is C21H28F3N5O5S.